The van der Waals surface area contributed by atoms with Gasteiger partial charge in [0.1, 0.15) is 17.0 Å². The van der Waals surface area contributed by atoms with Crippen molar-refractivity contribution in [2.45, 2.75) is 18.7 Å². The fraction of sp³-hybridized carbons (Fsp3) is 0.391. The summed E-state index contributed by atoms with van der Waals surface area (Å²) in [5, 5.41) is 0.715. The number of ether oxygens (including phenoxy) is 2. The Morgan fingerprint density at radius 1 is 1.03 bits per heavy atom. The number of anilines is 1. The highest BCUT2D eigenvalue weighted by molar-refractivity contribution is 8.00. The van der Waals surface area contributed by atoms with Crippen molar-refractivity contribution >= 4 is 44.4 Å². The molecule has 1 heterocycles. The van der Waals surface area contributed by atoms with E-state index < -0.39 is 0 Å². The monoisotopic (exact) mass is 459 g/mol. The predicted molar refractivity (Wildman–Crippen MR) is 130 cm³/mol. The Labute approximate surface area is 192 Å². The van der Waals surface area contributed by atoms with Crippen molar-refractivity contribution in [2.75, 3.05) is 51.1 Å². The topological polar surface area (TPSA) is 54.9 Å². The molecule has 6 nitrogen and oxygen atoms in total. The zero-order valence-electron chi connectivity index (χ0n) is 18.5. The average Bonchev–Trinajstić information content (AvgIpc) is 3.24. The number of nitrogens with zero attached hydrogens (tertiary/aromatic N) is 3. The number of carbonyl (C=O) groups excluding carboxylic acids is 1. The lowest BCUT2D eigenvalue weighted by Gasteiger charge is -2.24. The minimum atomic E-state index is 0.0472. The van der Waals surface area contributed by atoms with Gasteiger partial charge in [0, 0.05) is 18.0 Å². The van der Waals surface area contributed by atoms with Crippen LogP contribution in [0.5, 0.6) is 11.5 Å². The number of hydrogen-bond acceptors (Lipinski definition) is 7. The van der Waals surface area contributed by atoms with Gasteiger partial charge in [-0.15, -0.1) is 11.8 Å². The van der Waals surface area contributed by atoms with E-state index in [-0.39, 0.29) is 5.91 Å². The van der Waals surface area contributed by atoms with E-state index in [1.807, 2.05) is 47.4 Å². The smallest absolute Gasteiger partial charge is 0.239 e. The Hall–Kier alpha value is -2.29. The molecule has 0 radical (unpaired) electrons. The van der Waals surface area contributed by atoms with Crippen LogP contribution in [0.15, 0.2) is 47.4 Å². The molecule has 0 bridgehead atoms. The molecule has 0 unspecified atom stereocenters. The maximum absolute atomic E-state index is 13.3. The molecule has 0 atom stereocenters. The molecule has 8 heteroatoms. The molecule has 166 valence electrons. The van der Waals surface area contributed by atoms with E-state index >= 15 is 0 Å². The van der Waals surface area contributed by atoms with E-state index in [0.29, 0.717) is 17.4 Å². The summed E-state index contributed by atoms with van der Waals surface area (Å²) in [5.74, 6) is 1.92. The standard InChI is InChI=1S/C23H29N3O3S2/c1-5-25(6-2)14-15-26(21(27)16-30-18-12-10-17(28-3)11-13-18)23-24-22-19(29-4)8-7-9-20(22)31-23/h7-13H,5-6,14-16H2,1-4H3. The van der Waals surface area contributed by atoms with Crippen molar-refractivity contribution in [1.29, 1.82) is 0 Å². The molecule has 0 spiro atoms. The second-order valence-corrected chi connectivity index (χ2v) is 8.90. The van der Waals surface area contributed by atoms with Crippen LogP contribution in [0, 0.1) is 0 Å². The SMILES string of the molecule is CCN(CC)CCN(C(=O)CSc1ccc(OC)cc1)c1nc2c(OC)cccc2s1. The van der Waals surface area contributed by atoms with Gasteiger partial charge in [0.25, 0.3) is 0 Å². The van der Waals surface area contributed by atoms with Gasteiger partial charge >= 0.3 is 0 Å². The molecular weight excluding hydrogens is 430 g/mol. The highest BCUT2D eigenvalue weighted by Gasteiger charge is 2.21. The molecule has 3 rings (SSSR count). The summed E-state index contributed by atoms with van der Waals surface area (Å²) in [5.41, 5.74) is 0.799. The van der Waals surface area contributed by atoms with E-state index in [1.165, 1.54) is 23.1 Å². The lowest BCUT2D eigenvalue weighted by molar-refractivity contribution is -0.116. The van der Waals surface area contributed by atoms with Gasteiger partial charge in [-0.3, -0.25) is 9.69 Å². The van der Waals surface area contributed by atoms with Crippen LogP contribution in [0.1, 0.15) is 13.8 Å². The van der Waals surface area contributed by atoms with E-state index in [2.05, 4.69) is 18.7 Å². The van der Waals surface area contributed by atoms with Gasteiger partial charge in [0.15, 0.2) is 5.13 Å². The third kappa shape index (κ3) is 5.90. The number of benzene rings is 2. The number of likely N-dealkylation sites (N-methyl/N-ethyl adjacent to an activating group) is 1. The number of para-hydroxylation sites is 1. The number of thioether (sulfide) groups is 1. The molecule has 0 aliphatic heterocycles. The molecule has 2 aromatic carbocycles. The Morgan fingerprint density at radius 2 is 1.77 bits per heavy atom. The average molecular weight is 460 g/mol. The summed E-state index contributed by atoms with van der Waals surface area (Å²) < 4.78 is 11.7. The van der Waals surface area contributed by atoms with Crippen molar-refractivity contribution in [1.82, 2.24) is 9.88 Å². The van der Waals surface area contributed by atoms with E-state index in [1.54, 1.807) is 14.2 Å². The summed E-state index contributed by atoms with van der Waals surface area (Å²) >= 11 is 3.05. The van der Waals surface area contributed by atoms with Crippen LogP contribution < -0.4 is 14.4 Å². The van der Waals surface area contributed by atoms with Crippen LogP contribution in [0.2, 0.25) is 0 Å². The number of hydrogen-bond donors (Lipinski definition) is 0. The lowest BCUT2D eigenvalue weighted by atomic mass is 10.3. The third-order valence-corrected chi connectivity index (χ3v) is 7.12. The molecule has 0 fully saturated rings. The van der Waals surface area contributed by atoms with Gasteiger partial charge in [-0.1, -0.05) is 31.3 Å². The molecule has 31 heavy (non-hydrogen) atoms. The van der Waals surface area contributed by atoms with Crippen molar-refractivity contribution < 1.29 is 14.3 Å². The minimum Gasteiger partial charge on any atom is -0.497 e. The quantitative estimate of drug-likeness (QED) is 0.385. The first-order valence-electron chi connectivity index (χ1n) is 10.3. The minimum absolute atomic E-state index is 0.0472. The first-order chi connectivity index (χ1) is 15.1. The summed E-state index contributed by atoms with van der Waals surface area (Å²) in [6.45, 7) is 7.58. The molecule has 0 aliphatic carbocycles. The van der Waals surface area contributed by atoms with E-state index in [9.17, 15) is 4.79 Å². The zero-order chi connectivity index (χ0) is 22.2. The Bertz CT molecular complexity index is 987. The fourth-order valence-electron chi connectivity index (χ4n) is 3.19. The second-order valence-electron chi connectivity index (χ2n) is 6.84. The van der Waals surface area contributed by atoms with Crippen LogP contribution >= 0.6 is 23.1 Å². The van der Waals surface area contributed by atoms with Crippen LogP contribution in [0.4, 0.5) is 5.13 Å². The molecule has 3 aromatic rings. The Morgan fingerprint density at radius 3 is 2.42 bits per heavy atom. The van der Waals surface area contributed by atoms with Crippen molar-refractivity contribution in [2.24, 2.45) is 0 Å². The normalized spacial score (nSPS) is 11.1. The van der Waals surface area contributed by atoms with Gasteiger partial charge in [-0.2, -0.15) is 0 Å². The van der Waals surface area contributed by atoms with Crippen LogP contribution in [0.25, 0.3) is 10.2 Å². The molecular formula is C23H29N3O3S2. The Kier molecular flexibility index (Phi) is 8.57. The number of amides is 1. The highest BCUT2D eigenvalue weighted by atomic mass is 32.2. The fourth-order valence-corrected chi connectivity index (χ4v) is 5.00. The number of methoxy groups -OCH3 is 2. The summed E-state index contributed by atoms with van der Waals surface area (Å²) in [7, 11) is 3.29. The van der Waals surface area contributed by atoms with Crippen molar-refractivity contribution in [3.63, 3.8) is 0 Å². The van der Waals surface area contributed by atoms with Gasteiger partial charge in [0.2, 0.25) is 5.91 Å². The highest BCUT2D eigenvalue weighted by Crippen LogP contribution is 2.34. The predicted octanol–water partition coefficient (Wildman–Crippen LogP) is 4.78. The maximum atomic E-state index is 13.3. The molecule has 1 aromatic heterocycles. The number of carbonyl (C=O) groups is 1. The Balaban J connectivity index is 1.80. The summed E-state index contributed by atoms with van der Waals surface area (Å²) in [6, 6.07) is 13.6. The van der Waals surface area contributed by atoms with Gasteiger partial charge in [0.05, 0.1) is 24.7 Å². The number of fused-ring (bicyclic) bond motifs is 1. The molecule has 0 saturated carbocycles. The van der Waals surface area contributed by atoms with Gasteiger partial charge in [-0.05, 0) is 49.5 Å². The molecule has 0 N–H and O–H groups in total. The second kappa shape index (κ2) is 11.4. The van der Waals surface area contributed by atoms with Crippen molar-refractivity contribution in [3.8, 4) is 11.5 Å². The van der Waals surface area contributed by atoms with Crippen LogP contribution in [0.3, 0.4) is 0 Å². The molecule has 0 saturated heterocycles. The number of aromatic nitrogens is 1. The number of thiazole rings is 1. The largest absolute Gasteiger partial charge is 0.497 e. The van der Waals surface area contributed by atoms with Gasteiger partial charge < -0.3 is 14.4 Å². The maximum Gasteiger partial charge on any atom is 0.239 e. The summed E-state index contributed by atoms with van der Waals surface area (Å²) in [4.78, 5) is 23.2. The van der Waals surface area contributed by atoms with Crippen LogP contribution in [-0.2, 0) is 4.79 Å². The lowest BCUT2D eigenvalue weighted by Crippen LogP contribution is -2.39. The zero-order valence-corrected chi connectivity index (χ0v) is 20.1. The van der Waals surface area contributed by atoms with E-state index in [0.717, 1.165) is 46.2 Å². The first kappa shape index (κ1) is 23.4. The van der Waals surface area contributed by atoms with Crippen LogP contribution in [-0.4, -0.2) is 61.9 Å². The summed E-state index contributed by atoms with van der Waals surface area (Å²) in [6.07, 6.45) is 0. The third-order valence-electron chi connectivity index (χ3n) is 5.08. The molecule has 1 amide bonds. The molecule has 0 aliphatic rings. The van der Waals surface area contributed by atoms with Gasteiger partial charge in [-0.25, -0.2) is 4.98 Å². The van der Waals surface area contributed by atoms with E-state index in [4.69, 9.17) is 14.5 Å². The van der Waals surface area contributed by atoms with Crippen molar-refractivity contribution in [3.05, 3.63) is 42.5 Å². The number of rotatable bonds is 11. The first-order valence-corrected chi connectivity index (χ1v) is 12.1.